The summed E-state index contributed by atoms with van der Waals surface area (Å²) >= 11 is 0. The summed E-state index contributed by atoms with van der Waals surface area (Å²) in [5.41, 5.74) is 1.66. The van der Waals surface area contributed by atoms with E-state index < -0.39 is 0 Å². The van der Waals surface area contributed by atoms with Crippen LogP contribution in [-0.4, -0.2) is 17.4 Å². The first kappa shape index (κ1) is 7.98. The Morgan fingerprint density at radius 2 is 2.38 bits per heavy atom. The van der Waals surface area contributed by atoms with Crippen molar-refractivity contribution in [3.8, 4) is 0 Å². The number of aromatic nitrogens is 1. The molecule has 0 bridgehead atoms. The predicted molar refractivity (Wildman–Crippen MR) is 49.8 cm³/mol. The maximum atomic E-state index is 11.2. The van der Waals surface area contributed by atoms with Crippen LogP contribution in [0.4, 0.5) is 0 Å². The number of hydrogen-bond acceptors (Lipinski definition) is 2. The molecule has 1 aromatic heterocycles. The molecule has 2 heterocycles. The molecule has 0 radical (unpaired) electrons. The summed E-state index contributed by atoms with van der Waals surface area (Å²) in [6, 6.07) is 5.65. The molecule has 1 fully saturated rings. The fourth-order valence-corrected chi connectivity index (χ4v) is 1.32. The van der Waals surface area contributed by atoms with E-state index in [9.17, 15) is 4.79 Å². The van der Waals surface area contributed by atoms with E-state index in [4.69, 9.17) is 0 Å². The van der Waals surface area contributed by atoms with Crippen LogP contribution in [0.15, 0.2) is 30.0 Å². The van der Waals surface area contributed by atoms with Gasteiger partial charge in [0, 0.05) is 18.3 Å². The minimum atomic E-state index is 0.0330. The summed E-state index contributed by atoms with van der Waals surface area (Å²) in [5, 5.41) is 2.75. The standard InChI is InChI=1S/C10H10N2O/c13-10-8(4-6-12-10)7-9-3-1-2-5-11-9/h1-3,5,7H,4,6H2,(H,12,13)/b8-7+. The van der Waals surface area contributed by atoms with Crippen LogP contribution in [-0.2, 0) is 4.79 Å². The Labute approximate surface area is 76.5 Å². The number of carbonyl (C=O) groups excluding carboxylic acids is 1. The maximum absolute atomic E-state index is 11.2. The lowest BCUT2D eigenvalue weighted by Gasteiger charge is -1.93. The SMILES string of the molecule is O=C1NCC/C1=C\c1ccccn1. The zero-order valence-corrected chi connectivity index (χ0v) is 7.16. The van der Waals surface area contributed by atoms with Crippen LogP contribution in [0.3, 0.4) is 0 Å². The van der Waals surface area contributed by atoms with Crippen LogP contribution in [0.5, 0.6) is 0 Å². The van der Waals surface area contributed by atoms with Crippen molar-refractivity contribution >= 4 is 12.0 Å². The number of pyridine rings is 1. The molecule has 0 saturated carbocycles. The number of rotatable bonds is 1. The molecule has 1 saturated heterocycles. The van der Waals surface area contributed by atoms with Gasteiger partial charge in [0.05, 0.1) is 5.69 Å². The normalized spacial score (nSPS) is 19.1. The largest absolute Gasteiger partial charge is 0.352 e. The highest BCUT2D eigenvalue weighted by Crippen LogP contribution is 2.11. The summed E-state index contributed by atoms with van der Waals surface area (Å²) in [6.45, 7) is 0.748. The number of nitrogens with one attached hydrogen (secondary N) is 1. The molecule has 1 aliphatic heterocycles. The van der Waals surface area contributed by atoms with Gasteiger partial charge in [-0.2, -0.15) is 0 Å². The van der Waals surface area contributed by atoms with E-state index in [0.29, 0.717) is 0 Å². The Balaban J connectivity index is 2.25. The maximum Gasteiger partial charge on any atom is 0.247 e. The molecular weight excluding hydrogens is 164 g/mol. The number of hydrogen-bond donors (Lipinski definition) is 1. The minimum Gasteiger partial charge on any atom is -0.352 e. The highest BCUT2D eigenvalue weighted by atomic mass is 16.1. The van der Waals surface area contributed by atoms with E-state index in [1.54, 1.807) is 6.20 Å². The first-order valence-electron chi connectivity index (χ1n) is 4.26. The highest BCUT2D eigenvalue weighted by Gasteiger charge is 2.15. The Bertz CT molecular complexity index is 343. The van der Waals surface area contributed by atoms with Crippen molar-refractivity contribution in [2.45, 2.75) is 6.42 Å². The van der Waals surface area contributed by atoms with Crippen molar-refractivity contribution in [3.63, 3.8) is 0 Å². The molecule has 3 heteroatoms. The molecule has 66 valence electrons. The predicted octanol–water partition coefficient (Wildman–Crippen LogP) is 0.985. The van der Waals surface area contributed by atoms with Gasteiger partial charge in [0.15, 0.2) is 0 Å². The lowest BCUT2D eigenvalue weighted by atomic mass is 10.2. The van der Waals surface area contributed by atoms with Gasteiger partial charge in [-0.05, 0) is 24.6 Å². The van der Waals surface area contributed by atoms with E-state index in [-0.39, 0.29) is 5.91 Å². The number of amides is 1. The second-order valence-corrected chi connectivity index (χ2v) is 2.93. The van der Waals surface area contributed by atoms with Crippen LogP contribution in [0.2, 0.25) is 0 Å². The van der Waals surface area contributed by atoms with Gasteiger partial charge in [0.25, 0.3) is 0 Å². The lowest BCUT2D eigenvalue weighted by Crippen LogP contribution is -2.14. The Morgan fingerprint density at radius 1 is 1.46 bits per heavy atom. The van der Waals surface area contributed by atoms with Gasteiger partial charge in [-0.15, -0.1) is 0 Å². The molecule has 2 rings (SSSR count). The smallest absolute Gasteiger partial charge is 0.247 e. The summed E-state index contributed by atoms with van der Waals surface area (Å²) in [5.74, 6) is 0.0330. The van der Waals surface area contributed by atoms with Crippen molar-refractivity contribution < 1.29 is 4.79 Å². The highest BCUT2D eigenvalue weighted by molar-refractivity contribution is 5.99. The third-order valence-electron chi connectivity index (χ3n) is 1.98. The Kier molecular flexibility index (Phi) is 2.08. The van der Waals surface area contributed by atoms with Crippen LogP contribution in [0.25, 0.3) is 6.08 Å². The first-order valence-corrected chi connectivity index (χ1v) is 4.26. The first-order chi connectivity index (χ1) is 6.36. The van der Waals surface area contributed by atoms with Crippen molar-refractivity contribution in [2.75, 3.05) is 6.54 Å². The van der Waals surface area contributed by atoms with Gasteiger partial charge in [-0.25, -0.2) is 0 Å². The third-order valence-corrected chi connectivity index (χ3v) is 1.98. The molecule has 0 unspecified atom stereocenters. The molecule has 1 aromatic rings. The molecular formula is C10H10N2O. The number of nitrogens with zero attached hydrogens (tertiary/aromatic N) is 1. The Morgan fingerprint density at radius 3 is 3.00 bits per heavy atom. The van der Waals surface area contributed by atoms with Crippen LogP contribution in [0, 0.1) is 0 Å². The molecule has 13 heavy (non-hydrogen) atoms. The fraction of sp³-hybridized carbons (Fsp3) is 0.200. The second kappa shape index (κ2) is 3.39. The van der Waals surface area contributed by atoms with E-state index in [1.807, 2.05) is 24.3 Å². The van der Waals surface area contributed by atoms with Gasteiger partial charge in [0.1, 0.15) is 0 Å². The zero-order valence-electron chi connectivity index (χ0n) is 7.16. The number of carbonyl (C=O) groups is 1. The molecule has 0 aliphatic carbocycles. The van der Waals surface area contributed by atoms with Gasteiger partial charge in [-0.1, -0.05) is 6.07 Å². The van der Waals surface area contributed by atoms with E-state index in [0.717, 1.165) is 24.2 Å². The van der Waals surface area contributed by atoms with Crippen LogP contribution in [0.1, 0.15) is 12.1 Å². The summed E-state index contributed by atoms with van der Waals surface area (Å²) < 4.78 is 0. The molecule has 3 nitrogen and oxygen atoms in total. The average molecular weight is 174 g/mol. The quantitative estimate of drug-likeness (QED) is 0.645. The fourth-order valence-electron chi connectivity index (χ4n) is 1.32. The van der Waals surface area contributed by atoms with Crippen molar-refractivity contribution in [1.29, 1.82) is 0 Å². The second-order valence-electron chi connectivity index (χ2n) is 2.93. The van der Waals surface area contributed by atoms with E-state index >= 15 is 0 Å². The van der Waals surface area contributed by atoms with Crippen LogP contribution < -0.4 is 5.32 Å². The van der Waals surface area contributed by atoms with E-state index in [1.165, 1.54) is 0 Å². The molecule has 0 spiro atoms. The monoisotopic (exact) mass is 174 g/mol. The molecule has 0 atom stereocenters. The third kappa shape index (κ3) is 1.75. The van der Waals surface area contributed by atoms with Crippen molar-refractivity contribution in [1.82, 2.24) is 10.3 Å². The van der Waals surface area contributed by atoms with Gasteiger partial charge in [-0.3, -0.25) is 9.78 Å². The molecule has 0 aromatic carbocycles. The minimum absolute atomic E-state index is 0.0330. The molecule has 1 amide bonds. The molecule has 1 aliphatic rings. The van der Waals surface area contributed by atoms with Gasteiger partial charge < -0.3 is 5.32 Å². The van der Waals surface area contributed by atoms with Crippen molar-refractivity contribution in [3.05, 3.63) is 35.7 Å². The van der Waals surface area contributed by atoms with Gasteiger partial charge in [0.2, 0.25) is 5.91 Å². The lowest BCUT2D eigenvalue weighted by molar-refractivity contribution is -0.116. The average Bonchev–Trinajstić information content (AvgIpc) is 2.54. The summed E-state index contributed by atoms with van der Waals surface area (Å²) in [6.07, 6.45) is 4.36. The summed E-state index contributed by atoms with van der Waals surface area (Å²) in [7, 11) is 0. The zero-order chi connectivity index (χ0) is 9.10. The van der Waals surface area contributed by atoms with Gasteiger partial charge >= 0.3 is 0 Å². The van der Waals surface area contributed by atoms with Crippen LogP contribution >= 0.6 is 0 Å². The van der Waals surface area contributed by atoms with Crippen molar-refractivity contribution in [2.24, 2.45) is 0 Å². The Hall–Kier alpha value is -1.64. The topological polar surface area (TPSA) is 42.0 Å². The van der Waals surface area contributed by atoms with E-state index in [2.05, 4.69) is 10.3 Å². The molecule has 1 N–H and O–H groups in total. The summed E-state index contributed by atoms with van der Waals surface area (Å²) in [4.78, 5) is 15.3.